The molecule has 0 bridgehead atoms. The first kappa shape index (κ1) is 18.3. The number of rotatable bonds is 5. The molecule has 0 saturated heterocycles. The summed E-state index contributed by atoms with van der Waals surface area (Å²) in [6.45, 7) is 0.627. The van der Waals surface area contributed by atoms with E-state index in [0.29, 0.717) is 47.5 Å². The maximum atomic E-state index is 12.9. The summed E-state index contributed by atoms with van der Waals surface area (Å²) in [6, 6.07) is 13.8. The Kier molecular flexibility index (Phi) is 4.63. The summed E-state index contributed by atoms with van der Waals surface area (Å²) >= 11 is 0. The van der Waals surface area contributed by atoms with Gasteiger partial charge in [0.25, 0.3) is 5.56 Å². The fraction of sp³-hybridized carbons (Fsp3) is 0.217. The molecule has 0 amide bonds. The fourth-order valence-electron chi connectivity index (χ4n) is 4.05. The van der Waals surface area contributed by atoms with E-state index in [-0.39, 0.29) is 17.3 Å². The van der Waals surface area contributed by atoms with Crippen molar-refractivity contribution in [1.29, 1.82) is 0 Å². The number of H-pyrrole nitrogens is 1. The lowest BCUT2D eigenvalue weighted by molar-refractivity contribution is 0.0960. The predicted octanol–water partition coefficient (Wildman–Crippen LogP) is 3.48. The lowest BCUT2D eigenvalue weighted by Crippen LogP contribution is -2.23. The maximum Gasteiger partial charge on any atom is 0.262 e. The zero-order valence-corrected chi connectivity index (χ0v) is 16.2. The number of aromatic nitrogens is 3. The van der Waals surface area contributed by atoms with E-state index in [1.807, 2.05) is 30.3 Å². The van der Waals surface area contributed by atoms with Gasteiger partial charge in [-0.1, -0.05) is 30.3 Å². The quantitative estimate of drug-likeness (QED) is 0.532. The molecule has 7 nitrogen and oxygen atoms in total. The monoisotopic (exact) mass is 400 g/mol. The molecule has 0 spiro atoms. The van der Waals surface area contributed by atoms with Gasteiger partial charge in [-0.05, 0) is 36.1 Å². The third-order valence-electron chi connectivity index (χ3n) is 5.52. The molecule has 5 rings (SSSR count). The SMILES string of the molecule is O=C1C[C@H](c2ccco2)Cc2c1cnc1nc(NCCc3ccccc3)[nH]c(=O)c21. The molecule has 0 saturated carbocycles. The zero-order chi connectivity index (χ0) is 20.5. The second-order valence-corrected chi connectivity index (χ2v) is 7.47. The van der Waals surface area contributed by atoms with Gasteiger partial charge in [0.1, 0.15) is 5.76 Å². The van der Waals surface area contributed by atoms with Gasteiger partial charge in [0.15, 0.2) is 11.4 Å². The third-order valence-corrected chi connectivity index (χ3v) is 5.52. The topological polar surface area (TPSA) is 101 Å². The summed E-state index contributed by atoms with van der Waals surface area (Å²) in [5.41, 5.74) is 2.44. The lowest BCUT2D eigenvalue weighted by atomic mass is 9.81. The average molecular weight is 400 g/mol. The molecule has 150 valence electrons. The Morgan fingerprint density at radius 2 is 1.97 bits per heavy atom. The van der Waals surface area contributed by atoms with E-state index in [1.54, 1.807) is 12.5 Å². The normalized spacial score (nSPS) is 15.9. The van der Waals surface area contributed by atoms with Crippen molar-refractivity contribution in [2.24, 2.45) is 0 Å². The summed E-state index contributed by atoms with van der Waals surface area (Å²) < 4.78 is 5.50. The van der Waals surface area contributed by atoms with E-state index >= 15 is 0 Å². The van der Waals surface area contributed by atoms with Crippen molar-refractivity contribution in [2.45, 2.75) is 25.2 Å². The second-order valence-electron chi connectivity index (χ2n) is 7.47. The van der Waals surface area contributed by atoms with Crippen molar-refractivity contribution in [1.82, 2.24) is 15.0 Å². The zero-order valence-electron chi connectivity index (χ0n) is 16.2. The number of furan rings is 1. The number of pyridine rings is 1. The summed E-state index contributed by atoms with van der Waals surface area (Å²) in [7, 11) is 0. The molecule has 7 heteroatoms. The molecule has 0 radical (unpaired) electrons. The Labute approximate surface area is 172 Å². The van der Waals surface area contributed by atoms with E-state index in [9.17, 15) is 9.59 Å². The van der Waals surface area contributed by atoms with Crippen LogP contribution in [-0.2, 0) is 12.8 Å². The average Bonchev–Trinajstić information content (AvgIpc) is 3.29. The van der Waals surface area contributed by atoms with Crippen LogP contribution in [0.4, 0.5) is 5.95 Å². The number of anilines is 1. The summed E-state index contributed by atoms with van der Waals surface area (Å²) in [4.78, 5) is 37.1. The minimum atomic E-state index is -0.292. The molecule has 1 aromatic carbocycles. The van der Waals surface area contributed by atoms with E-state index in [4.69, 9.17) is 4.42 Å². The van der Waals surface area contributed by atoms with Crippen molar-refractivity contribution in [3.63, 3.8) is 0 Å². The molecule has 4 aromatic rings. The highest BCUT2D eigenvalue weighted by atomic mass is 16.3. The maximum absolute atomic E-state index is 12.9. The third kappa shape index (κ3) is 3.39. The standard InChI is InChI=1S/C23H20N4O3/c28-18-12-15(19-7-4-10-30-19)11-16-17(18)13-25-21-20(16)22(29)27-23(26-21)24-9-8-14-5-2-1-3-6-14/h1-7,10,13,15H,8-9,11-12H2,(H2,24,25,26,27,29)/t15-/m1/s1. The molecule has 3 heterocycles. The van der Waals surface area contributed by atoms with E-state index < -0.39 is 0 Å². The molecule has 0 fully saturated rings. The Hall–Kier alpha value is -3.74. The van der Waals surface area contributed by atoms with Gasteiger partial charge in [-0.25, -0.2) is 4.98 Å². The van der Waals surface area contributed by atoms with Gasteiger partial charge in [0, 0.05) is 30.6 Å². The molecule has 3 aromatic heterocycles. The molecule has 1 aliphatic carbocycles. The number of carbonyl (C=O) groups is 1. The Morgan fingerprint density at radius 1 is 1.10 bits per heavy atom. The minimum absolute atomic E-state index is 0.0310. The van der Waals surface area contributed by atoms with Crippen LogP contribution >= 0.6 is 0 Å². The van der Waals surface area contributed by atoms with Crippen LogP contribution in [0, 0.1) is 0 Å². The number of hydrogen-bond acceptors (Lipinski definition) is 6. The highest BCUT2D eigenvalue weighted by Crippen LogP contribution is 2.34. The smallest absolute Gasteiger partial charge is 0.262 e. The molecule has 1 aliphatic rings. The Morgan fingerprint density at radius 3 is 2.77 bits per heavy atom. The summed E-state index contributed by atoms with van der Waals surface area (Å²) in [5.74, 6) is 1.01. The van der Waals surface area contributed by atoms with Crippen LogP contribution in [0.5, 0.6) is 0 Å². The van der Waals surface area contributed by atoms with Crippen LogP contribution in [0.15, 0.2) is 64.1 Å². The first-order valence-electron chi connectivity index (χ1n) is 9.95. The summed E-state index contributed by atoms with van der Waals surface area (Å²) in [5, 5.41) is 3.54. The second kappa shape index (κ2) is 7.59. The van der Waals surface area contributed by atoms with Crippen molar-refractivity contribution in [2.75, 3.05) is 11.9 Å². The van der Waals surface area contributed by atoms with Crippen LogP contribution in [0.1, 0.15) is 39.6 Å². The number of hydrogen-bond donors (Lipinski definition) is 2. The number of carbonyl (C=O) groups excluding carboxylic acids is 1. The number of ketones is 1. The van der Waals surface area contributed by atoms with E-state index in [0.717, 1.165) is 12.2 Å². The van der Waals surface area contributed by atoms with Gasteiger partial charge < -0.3 is 9.73 Å². The molecule has 1 atom stereocenters. The minimum Gasteiger partial charge on any atom is -0.469 e. The number of nitrogens with one attached hydrogen (secondary N) is 2. The van der Waals surface area contributed by atoms with Gasteiger partial charge in [-0.2, -0.15) is 4.98 Å². The van der Waals surface area contributed by atoms with Gasteiger partial charge >= 0.3 is 0 Å². The molecule has 0 aliphatic heterocycles. The van der Waals surface area contributed by atoms with Crippen LogP contribution < -0.4 is 10.9 Å². The molecule has 30 heavy (non-hydrogen) atoms. The van der Waals surface area contributed by atoms with Gasteiger partial charge in [-0.15, -0.1) is 0 Å². The van der Waals surface area contributed by atoms with Crippen molar-refractivity contribution >= 4 is 22.8 Å². The summed E-state index contributed by atoms with van der Waals surface area (Å²) in [6.07, 6.45) is 4.83. The van der Waals surface area contributed by atoms with Crippen LogP contribution in [0.3, 0.4) is 0 Å². The number of fused-ring (bicyclic) bond motifs is 3. The first-order chi connectivity index (χ1) is 14.7. The van der Waals surface area contributed by atoms with Crippen molar-refractivity contribution < 1.29 is 9.21 Å². The van der Waals surface area contributed by atoms with Crippen LogP contribution in [0.2, 0.25) is 0 Å². The highest BCUT2D eigenvalue weighted by molar-refractivity contribution is 6.02. The highest BCUT2D eigenvalue weighted by Gasteiger charge is 2.30. The Balaban J connectivity index is 1.45. The number of aromatic amines is 1. The fourth-order valence-corrected chi connectivity index (χ4v) is 4.05. The molecule has 2 N–H and O–H groups in total. The number of benzene rings is 1. The molecular formula is C23H20N4O3. The van der Waals surface area contributed by atoms with Gasteiger partial charge in [0.2, 0.25) is 5.95 Å². The van der Waals surface area contributed by atoms with E-state index in [2.05, 4.69) is 32.4 Å². The lowest BCUT2D eigenvalue weighted by Gasteiger charge is -2.22. The van der Waals surface area contributed by atoms with Crippen molar-refractivity contribution in [3.05, 3.63) is 87.7 Å². The van der Waals surface area contributed by atoms with Gasteiger partial charge in [0.05, 0.1) is 11.6 Å². The van der Waals surface area contributed by atoms with Crippen LogP contribution in [0.25, 0.3) is 11.0 Å². The van der Waals surface area contributed by atoms with Crippen molar-refractivity contribution in [3.8, 4) is 0 Å². The largest absolute Gasteiger partial charge is 0.469 e. The molecular weight excluding hydrogens is 380 g/mol. The van der Waals surface area contributed by atoms with Gasteiger partial charge in [-0.3, -0.25) is 14.6 Å². The molecule has 0 unspecified atom stereocenters. The predicted molar refractivity (Wildman–Crippen MR) is 113 cm³/mol. The number of Topliss-reactive ketones (excluding diaryl/α,β-unsaturated/α-hetero) is 1. The Bertz CT molecular complexity index is 1260. The van der Waals surface area contributed by atoms with E-state index in [1.165, 1.54) is 5.56 Å². The number of nitrogens with zero attached hydrogens (tertiary/aromatic N) is 2. The van der Waals surface area contributed by atoms with Crippen LogP contribution in [-0.4, -0.2) is 27.3 Å². The first-order valence-corrected chi connectivity index (χ1v) is 9.95.